The lowest BCUT2D eigenvalue weighted by atomic mass is 10.6. The van der Waals surface area contributed by atoms with Crippen molar-refractivity contribution in [2.24, 2.45) is 5.73 Å². The van der Waals surface area contributed by atoms with Crippen LogP contribution in [-0.4, -0.2) is 0 Å². The second kappa shape index (κ2) is 5.82. The van der Waals surface area contributed by atoms with Crippen molar-refractivity contribution in [3.8, 4) is 0 Å². The fraction of sp³-hybridized carbons (Fsp3) is 0. The van der Waals surface area contributed by atoms with Crippen molar-refractivity contribution in [3.63, 3.8) is 0 Å². The number of hydrogen-bond donors (Lipinski definition) is 2. The molecule has 8 heavy (non-hydrogen) atoms. The molecule has 0 aromatic heterocycles. The number of nitrogens with one attached hydrogen (secondary N) is 1. The summed E-state index contributed by atoms with van der Waals surface area (Å²) in [7, 11) is 0. The summed E-state index contributed by atoms with van der Waals surface area (Å²) in [6, 6.07) is 0. The van der Waals surface area contributed by atoms with Crippen LogP contribution >= 0.6 is 0 Å². The first kappa shape index (κ1) is 6.82. The zero-order valence-electron chi connectivity index (χ0n) is 4.67. The molecule has 0 atom stereocenters. The molecule has 0 heterocycles. The summed E-state index contributed by atoms with van der Waals surface area (Å²) in [6.07, 6.45) is 8.27. The number of rotatable bonds is 3. The lowest BCUT2D eigenvalue weighted by molar-refractivity contribution is 1.20. The number of hydrogen-bond acceptors (Lipinski definition) is 2. The van der Waals surface area contributed by atoms with Gasteiger partial charge in [-0.1, -0.05) is 6.58 Å². The normalized spacial score (nSPS) is 10.5. The van der Waals surface area contributed by atoms with Gasteiger partial charge >= 0.3 is 0 Å². The second-order valence-corrected chi connectivity index (χ2v) is 1.11. The second-order valence-electron chi connectivity index (χ2n) is 1.11. The van der Waals surface area contributed by atoms with E-state index < -0.39 is 0 Å². The van der Waals surface area contributed by atoms with Gasteiger partial charge < -0.3 is 11.1 Å². The molecule has 0 unspecified atom stereocenters. The Balaban J connectivity index is 3.19. The van der Waals surface area contributed by atoms with Gasteiger partial charge in [-0.15, -0.1) is 0 Å². The van der Waals surface area contributed by atoms with E-state index in [1.54, 1.807) is 24.6 Å². The van der Waals surface area contributed by atoms with Crippen LogP contribution < -0.4 is 11.1 Å². The van der Waals surface area contributed by atoms with Gasteiger partial charge in [-0.2, -0.15) is 0 Å². The molecular formula is C6H10N2. The Morgan fingerprint density at radius 2 is 2.12 bits per heavy atom. The van der Waals surface area contributed by atoms with Crippen LogP contribution in [0.25, 0.3) is 0 Å². The quantitative estimate of drug-likeness (QED) is 0.525. The van der Waals surface area contributed by atoms with Gasteiger partial charge in [0, 0.05) is 6.20 Å². The fourth-order valence-corrected chi connectivity index (χ4v) is 0.243. The van der Waals surface area contributed by atoms with E-state index in [1.165, 1.54) is 6.20 Å². The van der Waals surface area contributed by atoms with Crippen molar-refractivity contribution < 1.29 is 0 Å². The highest BCUT2D eigenvalue weighted by molar-refractivity contribution is 5.00. The first-order chi connectivity index (χ1) is 3.91. The minimum absolute atomic E-state index is 1.46. The molecule has 0 aliphatic rings. The van der Waals surface area contributed by atoms with Crippen LogP contribution in [0.1, 0.15) is 0 Å². The molecule has 0 saturated heterocycles. The minimum atomic E-state index is 1.46. The molecule has 44 valence electrons. The van der Waals surface area contributed by atoms with Gasteiger partial charge in [0.1, 0.15) is 0 Å². The predicted molar refractivity (Wildman–Crippen MR) is 35.8 cm³/mol. The molecule has 2 heteroatoms. The Morgan fingerprint density at radius 1 is 1.38 bits per heavy atom. The highest BCUT2D eigenvalue weighted by Crippen LogP contribution is 1.67. The van der Waals surface area contributed by atoms with Gasteiger partial charge in [0.15, 0.2) is 0 Å². The van der Waals surface area contributed by atoms with Crippen LogP contribution in [0.5, 0.6) is 0 Å². The van der Waals surface area contributed by atoms with E-state index in [0.717, 1.165) is 0 Å². The summed E-state index contributed by atoms with van der Waals surface area (Å²) in [6.45, 7) is 3.44. The Hall–Kier alpha value is -1.18. The van der Waals surface area contributed by atoms with Crippen molar-refractivity contribution >= 4 is 0 Å². The van der Waals surface area contributed by atoms with Crippen molar-refractivity contribution in [1.82, 2.24) is 5.32 Å². The van der Waals surface area contributed by atoms with Crippen LogP contribution in [0.15, 0.2) is 37.3 Å². The minimum Gasteiger partial charge on any atom is -0.405 e. The number of allylic oxidation sites excluding steroid dienone is 2. The molecule has 0 radical (unpaired) electrons. The van der Waals surface area contributed by atoms with Crippen LogP contribution in [-0.2, 0) is 0 Å². The van der Waals surface area contributed by atoms with Crippen molar-refractivity contribution in [3.05, 3.63) is 37.3 Å². The molecule has 0 aliphatic heterocycles. The maximum atomic E-state index is 5.03. The lowest BCUT2D eigenvalue weighted by Gasteiger charge is -1.80. The van der Waals surface area contributed by atoms with Gasteiger partial charge in [0.2, 0.25) is 0 Å². The molecular weight excluding hydrogens is 100 g/mol. The summed E-state index contributed by atoms with van der Waals surface area (Å²) < 4.78 is 0. The summed E-state index contributed by atoms with van der Waals surface area (Å²) >= 11 is 0. The maximum absolute atomic E-state index is 5.03. The zero-order valence-corrected chi connectivity index (χ0v) is 4.67. The van der Waals surface area contributed by atoms with E-state index >= 15 is 0 Å². The van der Waals surface area contributed by atoms with E-state index in [-0.39, 0.29) is 0 Å². The Bertz CT molecular complexity index is 103. The van der Waals surface area contributed by atoms with Gasteiger partial charge in [-0.25, -0.2) is 0 Å². The third kappa shape index (κ3) is 4.82. The van der Waals surface area contributed by atoms with E-state index in [0.29, 0.717) is 0 Å². The molecule has 3 N–H and O–H groups in total. The van der Waals surface area contributed by atoms with Crippen LogP contribution in [0.3, 0.4) is 0 Å². The third-order valence-electron chi connectivity index (χ3n) is 0.533. The molecule has 0 aromatic rings. The molecule has 0 aliphatic carbocycles. The molecule has 0 rings (SSSR count). The van der Waals surface area contributed by atoms with E-state index in [4.69, 9.17) is 5.73 Å². The summed E-state index contributed by atoms with van der Waals surface area (Å²) in [5.74, 6) is 0. The summed E-state index contributed by atoms with van der Waals surface area (Å²) in [5.41, 5.74) is 5.03. The van der Waals surface area contributed by atoms with Gasteiger partial charge in [-0.3, -0.25) is 0 Å². The molecule has 0 amide bonds. The molecule has 0 bridgehead atoms. The van der Waals surface area contributed by atoms with Gasteiger partial charge in [-0.05, 0) is 24.6 Å². The van der Waals surface area contributed by atoms with Crippen LogP contribution in [0.2, 0.25) is 0 Å². The topological polar surface area (TPSA) is 38.0 Å². The van der Waals surface area contributed by atoms with Gasteiger partial charge in [0.25, 0.3) is 0 Å². The van der Waals surface area contributed by atoms with E-state index in [1.807, 2.05) is 0 Å². The monoisotopic (exact) mass is 110 g/mol. The molecule has 0 fully saturated rings. The lowest BCUT2D eigenvalue weighted by Crippen LogP contribution is -1.87. The molecule has 0 spiro atoms. The van der Waals surface area contributed by atoms with Crippen LogP contribution in [0, 0.1) is 0 Å². The van der Waals surface area contributed by atoms with E-state index in [9.17, 15) is 0 Å². The fourth-order valence-electron chi connectivity index (χ4n) is 0.243. The molecule has 2 nitrogen and oxygen atoms in total. The first-order valence-electron chi connectivity index (χ1n) is 2.32. The summed E-state index contributed by atoms with van der Waals surface area (Å²) in [4.78, 5) is 0. The maximum Gasteiger partial charge on any atom is 0.000472 e. The Morgan fingerprint density at radius 3 is 2.62 bits per heavy atom. The third-order valence-corrected chi connectivity index (χ3v) is 0.533. The van der Waals surface area contributed by atoms with Crippen LogP contribution in [0.4, 0.5) is 0 Å². The number of nitrogens with two attached hydrogens (primary N) is 1. The van der Waals surface area contributed by atoms with Gasteiger partial charge in [0.05, 0.1) is 0 Å². The standard InChI is InChI=1S/C6H10N2/c1-2-8-6-4-3-5-7/h2-6,8H,1,7H2/b5-3-,6-4-. The Kier molecular flexibility index (Phi) is 4.96. The largest absolute Gasteiger partial charge is 0.405 e. The molecule has 0 saturated carbocycles. The molecule has 0 aromatic carbocycles. The van der Waals surface area contributed by atoms with Crippen molar-refractivity contribution in [1.29, 1.82) is 0 Å². The Labute approximate surface area is 49.4 Å². The highest BCUT2D eigenvalue weighted by atomic mass is 14.8. The van der Waals surface area contributed by atoms with Crippen molar-refractivity contribution in [2.45, 2.75) is 0 Å². The van der Waals surface area contributed by atoms with Crippen molar-refractivity contribution in [2.75, 3.05) is 0 Å². The first-order valence-corrected chi connectivity index (χ1v) is 2.32. The zero-order chi connectivity index (χ0) is 6.24. The average molecular weight is 110 g/mol. The smallest absolute Gasteiger partial charge is 0.000472 e. The predicted octanol–water partition coefficient (Wildman–Crippen LogP) is 0.706. The average Bonchev–Trinajstić information content (AvgIpc) is 1.81. The SMILES string of the molecule is C=CN/C=C\C=C/N. The highest BCUT2D eigenvalue weighted by Gasteiger charge is 1.57. The summed E-state index contributed by atoms with van der Waals surface area (Å²) in [5, 5.41) is 2.76. The van der Waals surface area contributed by atoms with E-state index in [2.05, 4.69) is 11.9 Å².